The van der Waals surface area contributed by atoms with E-state index in [0.29, 0.717) is 23.7 Å². The fraction of sp³-hybridized carbons (Fsp3) is 0.471. The summed E-state index contributed by atoms with van der Waals surface area (Å²) in [6, 6.07) is 4.73. The molecule has 0 spiro atoms. The average molecular weight is 390 g/mol. The van der Waals surface area contributed by atoms with E-state index in [-0.39, 0.29) is 17.7 Å². The van der Waals surface area contributed by atoms with Crippen molar-refractivity contribution in [3.05, 3.63) is 34.6 Å². The second kappa shape index (κ2) is 10.7. The van der Waals surface area contributed by atoms with Crippen molar-refractivity contribution in [2.45, 2.75) is 26.3 Å². The highest BCUT2D eigenvalue weighted by atomic mass is 35.5. The van der Waals surface area contributed by atoms with Gasteiger partial charge in [-0.15, -0.1) is 0 Å². The average Bonchev–Trinajstić information content (AvgIpc) is 2.59. The van der Waals surface area contributed by atoms with Crippen molar-refractivity contribution in [1.29, 1.82) is 0 Å². The largest absolute Gasteiger partial charge is 0.473 e. The molecule has 0 unspecified atom stereocenters. The predicted molar refractivity (Wildman–Crippen MR) is 91.3 cm³/mol. The Labute approximate surface area is 155 Å². The molecular formula is C17H21ClFNO6. The monoisotopic (exact) mass is 389 g/mol. The van der Waals surface area contributed by atoms with Gasteiger partial charge in [-0.2, -0.15) is 0 Å². The van der Waals surface area contributed by atoms with Crippen LogP contribution in [0.2, 0.25) is 5.02 Å². The summed E-state index contributed by atoms with van der Waals surface area (Å²) in [6.45, 7) is 4.24. The number of hydrogen-bond donors (Lipinski definition) is 2. The number of nitrogens with zero attached hydrogens (tertiary/aromatic N) is 1. The zero-order valence-electron chi connectivity index (χ0n) is 14.3. The number of carbonyl (C=O) groups is 3. The van der Waals surface area contributed by atoms with E-state index in [1.54, 1.807) is 12.1 Å². The maximum Gasteiger partial charge on any atom is 0.414 e. The summed E-state index contributed by atoms with van der Waals surface area (Å²) in [5.74, 6) is -4.06. The van der Waals surface area contributed by atoms with Gasteiger partial charge < -0.3 is 14.9 Å². The Balaban J connectivity index is 0.000000487. The zero-order valence-corrected chi connectivity index (χ0v) is 15.0. The number of ether oxygens (including phenoxy) is 1. The van der Waals surface area contributed by atoms with Crippen LogP contribution >= 0.6 is 11.6 Å². The highest BCUT2D eigenvalue weighted by Gasteiger charge is 2.26. The minimum Gasteiger partial charge on any atom is -0.473 e. The van der Waals surface area contributed by atoms with Crippen molar-refractivity contribution < 1.29 is 33.7 Å². The lowest BCUT2D eigenvalue weighted by molar-refractivity contribution is -0.159. The lowest BCUT2D eigenvalue weighted by Gasteiger charge is -2.31. The molecule has 0 radical (unpaired) electrons. The van der Waals surface area contributed by atoms with Crippen molar-refractivity contribution >= 4 is 29.5 Å². The summed E-state index contributed by atoms with van der Waals surface area (Å²) >= 11 is 6.03. The summed E-state index contributed by atoms with van der Waals surface area (Å²) < 4.78 is 18.8. The Morgan fingerprint density at radius 1 is 1.23 bits per heavy atom. The summed E-state index contributed by atoms with van der Waals surface area (Å²) in [4.78, 5) is 32.0. The van der Waals surface area contributed by atoms with Crippen LogP contribution in [0.1, 0.15) is 25.3 Å². The maximum absolute atomic E-state index is 13.7. The summed E-state index contributed by atoms with van der Waals surface area (Å²) in [5.41, 5.74) is 0.531. The van der Waals surface area contributed by atoms with Crippen LogP contribution in [-0.4, -0.2) is 52.7 Å². The van der Waals surface area contributed by atoms with Crippen LogP contribution in [0.5, 0.6) is 0 Å². The summed E-state index contributed by atoms with van der Waals surface area (Å²) in [6.07, 6.45) is 1.51. The molecule has 144 valence electrons. The quantitative estimate of drug-likeness (QED) is 0.601. The van der Waals surface area contributed by atoms with Crippen LogP contribution in [0.15, 0.2) is 18.2 Å². The number of hydrogen-bond acceptors (Lipinski definition) is 5. The second-order valence-corrected chi connectivity index (χ2v) is 6.02. The van der Waals surface area contributed by atoms with Gasteiger partial charge in [-0.3, -0.25) is 9.69 Å². The molecule has 2 rings (SSSR count). The first-order chi connectivity index (χ1) is 12.3. The van der Waals surface area contributed by atoms with Crippen molar-refractivity contribution in [1.82, 2.24) is 4.90 Å². The molecule has 0 amide bonds. The maximum atomic E-state index is 13.7. The first-order valence-corrected chi connectivity index (χ1v) is 8.42. The fourth-order valence-electron chi connectivity index (χ4n) is 2.49. The lowest BCUT2D eigenvalue weighted by atomic mass is 9.96. The number of rotatable bonds is 4. The number of halogens is 2. The highest BCUT2D eigenvalue weighted by Crippen LogP contribution is 2.24. The first-order valence-electron chi connectivity index (χ1n) is 8.04. The molecular weight excluding hydrogens is 369 g/mol. The third-order valence-electron chi connectivity index (χ3n) is 3.83. The molecule has 1 aliphatic rings. The van der Waals surface area contributed by atoms with Gasteiger partial charge in [0.05, 0.1) is 12.5 Å². The minimum atomic E-state index is -1.82. The van der Waals surface area contributed by atoms with Crippen LogP contribution < -0.4 is 0 Å². The molecule has 1 fully saturated rings. The van der Waals surface area contributed by atoms with Gasteiger partial charge in [-0.05, 0) is 45.0 Å². The van der Waals surface area contributed by atoms with E-state index >= 15 is 0 Å². The number of likely N-dealkylation sites (tertiary alicyclic amines) is 1. The van der Waals surface area contributed by atoms with Gasteiger partial charge in [0.25, 0.3) is 0 Å². The smallest absolute Gasteiger partial charge is 0.414 e. The molecule has 1 saturated heterocycles. The highest BCUT2D eigenvalue weighted by molar-refractivity contribution is 6.31. The third-order valence-corrected chi connectivity index (χ3v) is 4.19. The van der Waals surface area contributed by atoms with Crippen LogP contribution in [-0.2, 0) is 25.7 Å². The van der Waals surface area contributed by atoms with Gasteiger partial charge in [0.1, 0.15) is 5.82 Å². The number of carboxylic acids is 2. The van der Waals surface area contributed by atoms with Gasteiger partial charge in [-0.25, -0.2) is 14.0 Å². The number of piperidine rings is 1. The molecule has 1 aromatic carbocycles. The number of aliphatic carboxylic acids is 2. The Kier molecular flexibility index (Phi) is 9.01. The Morgan fingerprint density at radius 3 is 2.27 bits per heavy atom. The molecule has 0 atom stereocenters. The number of benzene rings is 1. The van der Waals surface area contributed by atoms with Crippen LogP contribution in [0.4, 0.5) is 4.39 Å². The Hall–Kier alpha value is -2.19. The van der Waals surface area contributed by atoms with E-state index in [4.69, 9.17) is 36.1 Å². The van der Waals surface area contributed by atoms with E-state index in [9.17, 15) is 9.18 Å². The lowest BCUT2D eigenvalue weighted by Crippen LogP contribution is -2.36. The predicted octanol–water partition coefficient (Wildman–Crippen LogP) is 2.41. The molecule has 26 heavy (non-hydrogen) atoms. The summed E-state index contributed by atoms with van der Waals surface area (Å²) in [5, 5.41) is 15.2. The molecule has 2 N–H and O–H groups in total. The standard InChI is InChI=1S/C15H19ClFNO2.C2H2O4/c1-2-20-15(19)11-6-8-18(9-7-11)10-12-13(16)4-3-5-14(12)17;3-1(4)2(5)6/h3-5,11H,2,6-10H2,1H3;(H,3,4)(H,5,6). The number of carboxylic acid groups (broad SMARTS) is 2. The fourth-order valence-corrected chi connectivity index (χ4v) is 2.72. The molecule has 1 aromatic rings. The summed E-state index contributed by atoms with van der Waals surface area (Å²) in [7, 11) is 0. The Bertz CT molecular complexity index is 614. The minimum absolute atomic E-state index is 0.0257. The van der Waals surface area contributed by atoms with Crippen LogP contribution in [0, 0.1) is 11.7 Å². The van der Waals surface area contributed by atoms with Crippen molar-refractivity contribution in [3.63, 3.8) is 0 Å². The first kappa shape index (κ1) is 21.9. The van der Waals surface area contributed by atoms with Crippen molar-refractivity contribution in [3.8, 4) is 0 Å². The number of carbonyl (C=O) groups excluding carboxylic acids is 1. The second-order valence-electron chi connectivity index (χ2n) is 5.61. The van der Waals surface area contributed by atoms with Crippen LogP contribution in [0.25, 0.3) is 0 Å². The molecule has 0 bridgehead atoms. The third kappa shape index (κ3) is 6.97. The van der Waals surface area contributed by atoms with E-state index < -0.39 is 11.9 Å². The molecule has 0 aliphatic carbocycles. The van der Waals surface area contributed by atoms with Crippen LogP contribution in [0.3, 0.4) is 0 Å². The van der Waals surface area contributed by atoms with Crippen molar-refractivity contribution in [2.24, 2.45) is 5.92 Å². The van der Waals surface area contributed by atoms with Gasteiger partial charge in [-0.1, -0.05) is 17.7 Å². The van der Waals surface area contributed by atoms with Gasteiger partial charge in [0.15, 0.2) is 0 Å². The van der Waals surface area contributed by atoms with Gasteiger partial charge in [0, 0.05) is 17.1 Å². The topological polar surface area (TPSA) is 104 Å². The molecule has 0 aromatic heterocycles. The van der Waals surface area contributed by atoms with E-state index in [2.05, 4.69) is 4.90 Å². The van der Waals surface area contributed by atoms with Gasteiger partial charge >= 0.3 is 17.9 Å². The number of esters is 1. The SMILES string of the molecule is CCOC(=O)C1CCN(Cc2c(F)cccc2Cl)CC1.O=C(O)C(=O)O. The molecule has 7 nitrogen and oxygen atoms in total. The van der Waals surface area contributed by atoms with E-state index in [0.717, 1.165) is 25.9 Å². The molecule has 1 aliphatic heterocycles. The molecule has 1 heterocycles. The normalized spacial score (nSPS) is 14.9. The molecule has 9 heteroatoms. The van der Waals surface area contributed by atoms with Gasteiger partial charge in [0.2, 0.25) is 0 Å². The van der Waals surface area contributed by atoms with E-state index in [1.165, 1.54) is 6.07 Å². The van der Waals surface area contributed by atoms with E-state index in [1.807, 2.05) is 6.92 Å². The Morgan fingerprint density at radius 2 is 1.81 bits per heavy atom. The van der Waals surface area contributed by atoms with Crippen molar-refractivity contribution in [2.75, 3.05) is 19.7 Å². The zero-order chi connectivity index (χ0) is 19.7. The molecule has 0 saturated carbocycles.